The van der Waals surface area contributed by atoms with Gasteiger partial charge >= 0.3 is 0 Å². The van der Waals surface area contributed by atoms with Crippen LogP contribution in [0.15, 0.2) is 18.5 Å². The van der Waals surface area contributed by atoms with Crippen LogP contribution in [-0.2, 0) is 21.4 Å². The molecule has 1 atom stereocenters. The summed E-state index contributed by atoms with van der Waals surface area (Å²) in [4.78, 5) is 16.7. The van der Waals surface area contributed by atoms with E-state index in [2.05, 4.69) is 10.00 Å². The van der Waals surface area contributed by atoms with E-state index < -0.39 is 10.0 Å². The van der Waals surface area contributed by atoms with E-state index in [9.17, 15) is 13.2 Å². The highest BCUT2D eigenvalue weighted by atomic mass is 32.2. The summed E-state index contributed by atoms with van der Waals surface area (Å²) in [7, 11) is -3.31. The summed E-state index contributed by atoms with van der Waals surface area (Å²) >= 11 is 0. The van der Waals surface area contributed by atoms with Gasteiger partial charge in [-0.25, -0.2) is 8.42 Å². The van der Waals surface area contributed by atoms with E-state index in [0.29, 0.717) is 19.6 Å². The van der Waals surface area contributed by atoms with Crippen molar-refractivity contribution < 1.29 is 13.2 Å². The molecule has 1 unspecified atom stereocenters. The largest absolute Gasteiger partial charge is 0.339 e. The van der Waals surface area contributed by atoms with E-state index in [0.717, 1.165) is 32.5 Å². The fraction of sp³-hybridized carbons (Fsp3) is 0.778. The quantitative estimate of drug-likeness (QED) is 0.674. The molecule has 2 saturated heterocycles. The van der Waals surface area contributed by atoms with Gasteiger partial charge in [0.1, 0.15) is 6.54 Å². The maximum atomic E-state index is 12.6. The van der Waals surface area contributed by atoms with Crippen molar-refractivity contribution >= 4 is 15.9 Å². The van der Waals surface area contributed by atoms with Crippen molar-refractivity contribution in [3.8, 4) is 0 Å². The SMILES string of the molecule is CS(=O)(=O)N(CCN1CCCCC1)C1CCCN(C(=O)Cn2cccn2)C1. The number of piperidine rings is 2. The van der Waals surface area contributed by atoms with Crippen molar-refractivity contribution in [3.63, 3.8) is 0 Å². The van der Waals surface area contributed by atoms with E-state index in [1.54, 1.807) is 32.3 Å². The Hall–Kier alpha value is -1.45. The molecule has 0 spiro atoms. The van der Waals surface area contributed by atoms with Crippen LogP contribution in [0, 0.1) is 0 Å². The van der Waals surface area contributed by atoms with Crippen LogP contribution in [0.2, 0.25) is 0 Å². The summed E-state index contributed by atoms with van der Waals surface area (Å²) in [6.45, 7) is 4.73. The van der Waals surface area contributed by atoms with E-state index in [4.69, 9.17) is 0 Å². The van der Waals surface area contributed by atoms with Gasteiger partial charge < -0.3 is 9.80 Å². The zero-order valence-corrected chi connectivity index (χ0v) is 17.0. The van der Waals surface area contributed by atoms with E-state index in [1.807, 2.05) is 0 Å². The van der Waals surface area contributed by atoms with E-state index in [-0.39, 0.29) is 18.5 Å². The summed E-state index contributed by atoms with van der Waals surface area (Å²) in [6, 6.07) is 1.65. The van der Waals surface area contributed by atoms with Crippen LogP contribution in [0.25, 0.3) is 0 Å². The standard InChI is InChI=1S/C18H31N5O3S/c1-27(25,26)23(14-13-20-9-3-2-4-10-20)17-7-5-11-21(15-17)18(24)16-22-12-6-8-19-22/h6,8,12,17H,2-5,7,9-11,13-16H2,1H3. The molecule has 2 aliphatic rings. The minimum atomic E-state index is -3.31. The minimum Gasteiger partial charge on any atom is -0.339 e. The number of rotatable bonds is 7. The van der Waals surface area contributed by atoms with Gasteiger partial charge in [-0.05, 0) is 44.8 Å². The first-order valence-electron chi connectivity index (χ1n) is 9.88. The molecule has 9 heteroatoms. The monoisotopic (exact) mass is 397 g/mol. The van der Waals surface area contributed by atoms with Crippen LogP contribution in [0.4, 0.5) is 0 Å². The molecule has 27 heavy (non-hydrogen) atoms. The van der Waals surface area contributed by atoms with Crippen LogP contribution in [0.3, 0.4) is 0 Å². The van der Waals surface area contributed by atoms with Crippen LogP contribution >= 0.6 is 0 Å². The summed E-state index contributed by atoms with van der Waals surface area (Å²) in [5, 5.41) is 4.08. The fourth-order valence-corrected chi connectivity index (χ4v) is 5.22. The number of carbonyl (C=O) groups excluding carboxylic acids is 1. The Kier molecular flexibility index (Phi) is 6.88. The molecule has 0 radical (unpaired) electrons. The van der Waals surface area contributed by atoms with E-state index in [1.165, 1.54) is 25.5 Å². The molecule has 3 rings (SSSR count). The first-order valence-corrected chi connectivity index (χ1v) is 11.7. The Morgan fingerprint density at radius 1 is 1.19 bits per heavy atom. The highest BCUT2D eigenvalue weighted by Gasteiger charge is 2.32. The second kappa shape index (κ2) is 9.16. The van der Waals surface area contributed by atoms with Gasteiger partial charge in [-0.1, -0.05) is 6.42 Å². The molecule has 2 fully saturated rings. The number of sulfonamides is 1. The molecule has 0 aromatic carbocycles. The molecule has 0 saturated carbocycles. The van der Waals surface area contributed by atoms with Crippen molar-refractivity contribution in [2.45, 2.75) is 44.7 Å². The van der Waals surface area contributed by atoms with Gasteiger partial charge in [0.25, 0.3) is 0 Å². The van der Waals surface area contributed by atoms with Gasteiger partial charge in [0.15, 0.2) is 0 Å². The Morgan fingerprint density at radius 2 is 1.96 bits per heavy atom. The molecule has 0 N–H and O–H groups in total. The Morgan fingerprint density at radius 3 is 2.63 bits per heavy atom. The third-order valence-corrected chi connectivity index (χ3v) is 6.86. The smallest absolute Gasteiger partial charge is 0.244 e. The first-order chi connectivity index (χ1) is 12.9. The van der Waals surface area contributed by atoms with Crippen LogP contribution in [0.5, 0.6) is 0 Å². The van der Waals surface area contributed by atoms with E-state index >= 15 is 0 Å². The number of carbonyl (C=O) groups is 1. The predicted octanol–water partition coefficient (Wildman–Crippen LogP) is 0.622. The van der Waals surface area contributed by atoms with Gasteiger partial charge in [0.2, 0.25) is 15.9 Å². The highest BCUT2D eigenvalue weighted by molar-refractivity contribution is 7.88. The molecule has 0 aliphatic carbocycles. The maximum Gasteiger partial charge on any atom is 0.244 e. The van der Waals surface area contributed by atoms with Crippen LogP contribution < -0.4 is 0 Å². The molecular formula is C18H31N5O3S. The van der Waals surface area contributed by atoms with Crippen molar-refractivity contribution in [1.82, 2.24) is 23.9 Å². The Balaban J connectivity index is 1.60. The average molecular weight is 398 g/mol. The summed E-state index contributed by atoms with van der Waals surface area (Å²) in [5.74, 6) is -0.00659. The van der Waals surface area contributed by atoms with Gasteiger partial charge in [-0.15, -0.1) is 0 Å². The number of hydrogen-bond donors (Lipinski definition) is 0. The molecule has 1 aromatic rings. The third kappa shape index (κ3) is 5.76. The fourth-order valence-electron chi connectivity index (χ4n) is 4.09. The van der Waals surface area contributed by atoms with Crippen molar-refractivity contribution in [2.75, 3.05) is 45.5 Å². The van der Waals surface area contributed by atoms with Gasteiger partial charge in [-0.3, -0.25) is 9.48 Å². The topological polar surface area (TPSA) is 78.8 Å². The Bertz CT molecular complexity index is 701. The van der Waals surface area contributed by atoms with Crippen LogP contribution in [0.1, 0.15) is 32.1 Å². The second-order valence-electron chi connectivity index (χ2n) is 7.62. The van der Waals surface area contributed by atoms with Gasteiger partial charge in [0.05, 0.1) is 6.26 Å². The van der Waals surface area contributed by atoms with Crippen LogP contribution in [-0.4, -0.2) is 89.8 Å². The zero-order chi connectivity index (χ0) is 19.3. The molecule has 1 aromatic heterocycles. The normalized spacial score (nSPS) is 22.3. The number of amides is 1. The lowest BCUT2D eigenvalue weighted by atomic mass is 10.1. The number of nitrogens with zero attached hydrogens (tertiary/aromatic N) is 5. The molecule has 1 amide bonds. The third-order valence-electron chi connectivity index (χ3n) is 5.52. The molecule has 152 valence electrons. The average Bonchev–Trinajstić information content (AvgIpc) is 3.15. The maximum absolute atomic E-state index is 12.6. The number of aromatic nitrogens is 2. The van der Waals surface area contributed by atoms with Gasteiger partial charge in [-0.2, -0.15) is 9.40 Å². The summed E-state index contributed by atoms with van der Waals surface area (Å²) in [5.41, 5.74) is 0. The van der Waals surface area contributed by atoms with Crippen molar-refractivity contribution in [1.29, 1.82) is 0 Å². The molecular weight excluding hydrogens is 366 g/mol. The molecule has 2 aliphatic heterocycles. The second-order valence-corrected chi connectivity index (χ2v) is 9.55. The molecule has 8 nitrogen and oxygen atoms in total. The van der Waals surface area contributed by atoms with Crippen molar-refractivity contribution in [3.05, 3.63) is 18.5 Å². The summed E-state index contributed by atoms with van der Waals surface area (Å²) in [6.07, 6.45) is 9.98. The zero-order valence-electron chi connectivity index (χ0n) is 16.2. The number of likely N-dealkylation sites (tertiary alicyclic amines) is 2. The first kappa shape index (κ1) is 20.3. The molecule has 0 bridgehead atoms. The lowest BCUT2D eigenvalue weighted by molar-refractivity contribution is -0.133. The molecule has 3 heterocycles. The predicted molar refractivity (Wildman–Crippen MR) is 104 cm³/mol. The lowest BCUT2D eigenvalue weighted by Gasteiger charge is -2.39. The number of hydrogen-bond acceptors (Lipinski definition) is 5. The highest BCUT2D eigenvalue weighted by Crippen LogP contribution is 2.19. The Labute approximate surface area is 162 Å². The summed E-state index contributed by atoms with van der Waals surface area (Å²) < 4.78 is 28.1. The lowest BCUT2D eigenvalue weighted by Crippen LogP contribution is -2.53. The minimum absolute atomic E-state index is 0.00659. The van der Waals surface area contributed by atoms with Crippen molar-refractivity contribution in [2.24, 2.45) is 0 Å². The van der Waals surface area contributed by atoms with Gasteiger partial charge in [0, 0.05) is 44.6 Å².